The number of hydrogen-bond donors (Lipinski definition) is 2. The molecule has 0 bridgehead atoms. The molecule has 1 heterocycles. The molecule has 0 saturated carbocycles. The highest BCUT2D eigenvalue weighted by Crippen LogP contribution is 2.31. The first-order valence-electron chi connectivity index (χ1n) is 4.45. The third-order valence-corrected chi connectivity index (χ3v) is 4.29. The van der Waals surface area contributed by atoms with Crippen molar-refractivity contribution in [1.29, 1.82) is 0 Å². The van der Waals surface area contributed by atoms with Crippen molar-refractivity contribution in [2.75, 3.05) is 6.61 Å². The summed E-state index contributed by atoms with van der Waals surface area (Å²) in [4.78, 5) is 11.7. The van der Waals surface area contributed by atoms with Crippen LogP contribution in [0.2, 0.25) is 0 Å². The second kappa shape index (κ2) is 5.98. The van der Waals surface area contributed by atoms with E-state index in [1.54, 1.807) is 6.07 Å². The predicted molar refractivity (Wildman–Crippen MR) is 68.4 cm³/mol. The maximum Gasteiger partial charge on any atom is 0.253 e. The molecule has 1 rings (SSSR count). The van der Waals surface area contributed by atoms with E-state index in [0.717, 1.165) is 7.57 Å². The standard InChI is InChI=1S/C9H11Br2NO2S/c1-2-5(4-13)12-9(14)6-3-7(10)15-8(6)11/h3,5,13H,2,4H2,1H3,(H,12,14)/t5-/m0/s1. The molecule has 84 valence electrons. The van der Waals surface area contributed by atoms with Crippen molar-refractivity contribution in [2.24, 2.45) is 0 Å². The van der Waals surface area contributed by atoms with Gasteiger partial charge in [0.2, 0.25) is 0 Å². The minimum Gasteiger partial charge on any atom is -0.394 e. The Labute approximate surface area is 109 Å². The fourth-order valence-corrected chi connectivity index (χ4v) is 3.83. The van der Waals surface area contributed by atoms with Crippen molar-refractivity contribution < 1.29 is 9.90 Å². The summed E-state index contributed by atoms with van der Waals surface area (Å²) >= 11 is 8.08. The summed E-state index contributed by atoms with van der Waals surface area (Å²) in [5, 5.41) is 11.7. The van der Waals surface area contributed by atoms with Crippen molar-refractivity contribution >= 4 is 49.1 Å². The van der Waals surface area contributed by atoms with Gasteiger partial charge in [-0.15, -0.1) is 11.3 Å². The van der Waals surface area contributed by atoms with Crippen LogP contribution in [0.1, 0.15) is 23.7 Å². The lowest BCUT2D eigenvalue weighted by Crippen LogP contribution is -2.36. The monoisotopic (exact) mass is 355 g/mol. The molecule has 0 saturated heterocycles. The van der Waals surface area contributed by atoms with E-state index < -0.39 is 0 Å². The van der Waals surface area contributed by atoms with E-state index in [9.17, 15) is 4.79 Å². The van der Waals surface area contributed by atoms with E-state index >= 15 is 0 Å². The van der Waals surface area contributed by atoms with E-state index in [1.807, 2.05) is 6.92 Å². The van der Waals surface area contributed by atoms with Crippen LogP contribution in [0.25, 0.3) is 0 Å². The summed E-state index contributed by atoms with van der Waals surface area (Å²) in [6.45, 7) is 1.88. The normalized spacial score (nSPS) is 12.5. The molecule has 0 aliphatic carbocycles. The lowest BCUT2D eigenvalue weighted by Gasteiger charge is -2.13. The van der Waals surface area contributed by atoms with Gasteiger partial charge in [0.05, 0.1) is 25.8 Å². The fourth-order valence-electron chi connectivity index (χ4n) is 1.04. The van der Waals surface area contributed by atoms with Gasteiger partial charge in [-0.1, -0.05) is 6.92 Å². The molecule has 0 spiro atoms. The second-order valence-corrected chi connectivity index (χ2v) is 6.75. The molecular formula is C9H11Br2NO2S. The molecule has 2 N–H and O–H groups in total. The van der Waals surface area contributed by atoms with E-state index in [4.69, 9.17) is 5.11 Å². The summed E-state index contributed by atoms with van der Waals surface area (Å²) < 4.78 is 1.69. The molecule has 0 aliphatic rings. The van der Waals surface area contributed by atoms with Crippen LogP contribution in [-0.2, 0) is 0 Å². The maximum absolute atomic E-state index is 11.7. The van der Waals surface area contributed by atoms with Crippen LogP contribution in [0.15, 0.2) is 13.6 Å². The number of thiophene rings is 1. The topological polar surface area (TPSA) is 49.3 Å². The van der Waals surface area contributed by atoms with Gasteiger partial charge in [0.25, 0.3) is 5.91 Å². The average Bonchev–Trinajstić information content (AvgIpc) is 2.54. The number of nitrogens with one attached hydrogen (secondary N) is 1. The highest BCUT2D eigenvalue weighted by molar-refractivity contribution is 9.12. The molecule has 1 atom stereocenters. The Hall–Kier alpha value is 0.0900. The summed E-state index contributed by atoms with van der Waals surface area (Å²) in [6.07, 6.45) is 0.713. The van der Waals surface area contributed by atoms with Gasteiger partial charge in [0.15, 0.2) is 0 Å². The Balaban J connectivity index is 2.72. The number of carbonyl (C=O) groups is 1. The Morgan fingerprint density at radius 1 is 1.67 bits per heavy atom. The van der Waals surface area contributed by atoms with Crippen molar-refractivity contribution in [3.05, 3.63) is 19.2 Å². The lowest BCUT2D eigenvalue weighted by atomic mass is 10.2. The average molecular weight is 357 g/mol. The van der Waals surface area contributed by atoms with Gasteiger partial charge in [0.1, 0.15) is 0 Å². The third-order valence-electron chi connectivity index (χ3n) is 1.95. The first-order chi connectivity index (χ1) is 7.08. The van der Waals surface area contributed by atoms with E-state index in [2.05, 4.69) is 37.2 Å². The third kappa shape index (κ3) is 3.55. The van der Waals surface area contributed by atoms with Gasteiger partial charge in [-0.3, -0.25) is 4.79 Å². The van der Waals surface area contributed by atoms with Crippen LogP contribution in [0, 0.1) is 0 Å². The Kier molecular flexibility index (Phi) is 5.25. The van der Waals surface area contributed by atoms with Gasteiger partial charge >= 0.3 is 0 Å². The highest BCUT2D eigenvalue weighted by Gasteiger charge is 2.16. The molecular weight excluding hydrogens is 346 g/mol. The smallest absolute Gasteiger partial charge is 0.253 e. The van der Waals surface area contributed by atoms with Gasteiger partial charge < -0.3 is 10.4 Å². The van der Waals surface area contributed by atoms with Crippen LogP contribution >= 0.6 is 43.2 Å². The zero-order valence-corrected chi connectivity index (χ0v) is 12.1. The molecule has 0 aromatic carbocycles. The van der Waals surface area contributed by atoms with Gasteiger partial charge in [-0.05, 0) is 44.3 Å². The number of hydrogen-bond acceptors (Lipinski definition) is 3. The molecule has 1 aromatic rings. The quantitative estimate of drug-likeness (QED) is 0.871. The van der Waals surface area contributed by atoms with Crippen molar-refractivity contribution in [1.82, 2.24) is 5.32 Å². The van der Waals surface area contributed by atoms with Crippen LogP contribution in [-0.4, -0.2) is 23.7 Å². The highest BCUT2D eigenvalue weighted by atomic mass is 79.9. The first-order valence-corrected chi connectivity index (χ1v) is 6.85. The fraction of sp³-hybridized carbons (Fsp3) is 0.444. The maximum atomic E-state index is 11.7. The number of carbonyl (C=O) groups excluding carboxylic acids is 1. The molecule has 1 amide bonds. The zero-order valence-electron chi connectivity index (χ0n) is 8.09. The minimum absolute atomic E-state index is 0.0365. The van der Waals surface area contributed by atoms with Crippen LogP contribution in [0.3, 0.4) is 0 Å². The van der Waals surface area contributed by atoms with Crippen molar-refractivity contribution in [3.8, 4) is 0 Å². The van der Waals surface area contributed by atoms with Crippen LogP contribution < -0.4 is 5.32 Å². The molecule has 0 aliphatic heterocycles. The zero-order chi connectivity index (χ0) is 11.4. The Morgan fingerprint density at radius 2 is 2.33 bits per heavy atom. The Bertz CT molecular complexity index is 350. The lowest BCUT2D eigenvalue weighted by molar-refractivity contribution is 0.0914. The molecule has 0 fully saturated rings. The number of halogens is 2. The second-order valence-electron chi connectivity index (χ2n) is 3.00. The van der Waals surface area contributed by atoms with Crippen LogP contribution in [0.5, 0.6) is 0 Å². The summed E-state index contributed by atoms with van der Waals surface area (Å²) in [7, 11) is 0. The van der Waals surface area contributed by atoms with E-state index in [0.29, 0.717) is 12.0 Å². The first kappa shape index (κ1) is 13.2. The number of rotatable bonds is 4. The summed E-state index contributed by atoms with van der Waals surface area (Å²) in [6, 6.07) is 1.58. The molecule has 0 unspecified atom stereocenters. The molecule has 3 nitrogen and oxygen atoms in total. The number of aliphatic hydroxyl groups excluding tert-OH is 1. The van der Waals surface area contributed by atoms with Crippen LogP contribution in [0.4, 0.5) is 0 Å². The van der Waals surface area contributed by atoms with E-state index in [1.165, 1.54) is 11.3 Å². The van der Waals surface area contributed by atoms with Gasteiger partial charge in [-0.2, -0.15) is 0 Å². The van der Waals surface area contributed by atoms with E-state index in [-0.39, 0.29) is 18.6 Å². The van der Waals surface area contributed by atoms with Gasteiger partial charge in [0, 0.05) is 0 Å². The van der Waals surface area contributed by atoms with Crippen molar-refractivity contribution in [3.63, 3.8) is 0 Å². The van der Waals surface area contributed by atoms with Gasteiger partial charge in [-0.25, -0.2) is 0 Å². The summed E-state index contributed by atoms with van der Waals surface area (Å²) in [5.41, 5.74) is 0.596. The van der Waals surface area contributed by atoms with Crippen molar-refractivity contribution in [2.45, 2.75) is 19.4 Å². The predicted octanol–water partition coefficient (Wildman–Crippen LogP) is 2.77. The molecule has 0 radical (unpaired) electrons. The number of amides is 1. The largest absolute Gasteiger partial charge is 0.394 e. The molecule has 1 aromatic heterocycles. The Morgan fingerprint density at radius 3 is 2.73 bits per heavy atom. The number of aliphatic hydroxyl groups is 1. The summed E-state index contributed by atoms with van der Waals surface area (Å²) in [5.74, 6) is -0.162. The molecule has 15 heavy (non-hydrogen) atoms. The molecule has 6 heteroatoms. The SMILES string of the molecule is CC[C@@H](CO)NC(=O)c1cc(Br)sc1Br. The minimum atomic E-state index is -0.178.